The Bertz CT molecular complexity index is 1150. The summed E-state index contributed by atoms with van der Waals surface area (Å²) in [6.45, 7) is 4.50. The summed E-state index contributed by atoms with van der Waals surface area (Å²) in [6, 6.07) is 12.1. The van der Waals surface area contributed by atoms with E-state index in [-0.39, 0.29) is 25.4 Å². The molecule has 0 fully saturated rings. The van der Waals surface area contributed by atoms with Crippen molar-refractivity contribution < 1.29 is 24.7 Å². The quantitative estimate of drug-likeness (QED) is 0.126. The molecule has 0 spiro atoms. The highest BCUT2D eigenvalue weighted by Gasteiger charge is 2.25. The van der Waals surface area contributed by atoms with Crippen molar-refractivity contribution in [3.63, 3.8) is 0 Å². The first kappa shape index (κ1) is 30.9. The van der Waals surface area contributed by atoms with Crippen LogP contribution >= 0.6 is 0 Å². The standard InChI is InChI=1S/C27H30N4O5.CH4/c1-3-4-17-28-18-24(33)29-23-15-11-21(12-16-23)8-6-5-7-20-9-13-22(14-10-20)26(34)30-25(19(2)32)27(35)31-36;/h9-16,19,25,28,32,36H,3-4,17-18H2,1-2H3,(H,29,33)(H,30,34)(H,31,35);1H4/t19-,25+;/m1./s1. The van der Waals surface area contributed by atoms with Gasteiger partial charge in [-0.15, -0.1) is 0 Å². The van der Waals surface area contributed by atoms with Gasteiger partial charge in [0.1, 0.15) is 6.04 Å². The van der Waals surface area contributed by atoms with Gasteiger partial charge in [0.25, 0.3) is 11.8 Å². The van der Waals surface area contributed by atoms with E-state index >= 15 is 0 Å². The lowest BCUT2D eigenvalue weighted by Gasteiger charge is -2.19. The van der Waals surface area contributed by atoms with Crippen molar-refractivity contribution in [2.45, 2.75) is 46.3 Å². The molecular weight excluding hydrogens is 472 g/mol. The van der Waals surface area contributed by atoms with Crippen LogP contribution in [0.1, 0.15) is 55.6 Å². The number of anilines is 1. The molecule has 2 rings (SSSR count). The predicted octanol–water partition coefficient (Wildman–Crippen LogP) is 2.04. The number of hydrogen-bond acceptors (Lipinski definition) is 6. The first-order chi connectivity index (χ1) is 17.3. The number of aliphatic hydroxyl groups is 1. The maximum Gasteiger partial charge on any atom is 0.268 e. The van der Waals surface area contributed by atoms with Crippen LogP contribution in [0.2, 0.25) is 0 Å². The van der Waals surface area contributed by atoms with Crippen LogP contribution in [0.15, 0.2) is 48.5 Å². The summed E-state index contributed by atoms with van der Waals surface area (Å²) in [4.78, 5) is 35.7. The van der Waals surface area contributed by atoms with E-state index in [1.165, 1.54) is 24.5 Å². The van der Waals surface area contributed by atoms with Crippen LogP contribution in [0.5, 0.6) is 0 Å². The van der Waals surface area contributed by atoms with Crippen LogP contribution in [0.25, 0.3) is 0 Å². The van der Waals surface area contributed by atoms with Gasteiger partial charge in [0.05, 0.1) is 12.6 Å². The third-order valence-electron chi connectivity index (χ3n) is 4.95. The molecule has 2 aromatic carbocycles. The summed E-state index contributed by atoms with van der Waals surface area (Å²) in [5, 5.41) is 26.6. The number of hydroxylamine groups is 1. The second-order valence-electron chi connectivity index (χ2n) is 7.90. The number of hydrogen-bond donors (Lipinski definition) is 6. The third-order valence-corrected chi connectivity index (χ3v) is 4.95. The van der Waals surface area contributed by atoms with Crippen molar-refractivity contribution in [1.82, 2.24) is 16.1 Å². The Morgan fingerprint density at radius 2 is 1.51 bits per heavy atom. The zero-order valence-corrected chi connectivity index (χ0v) is 20.2. The van der Waals surface area contributed by atoms with Gasteiger partial charge in [-0.1, -0.05) is 32.6 Å². The minimum absolute atomic E-state index is 0. The van der Waals surface area contributed by atoms with Crippen LogP contribution in [0.3, 0.4) is 0 Å². The molecule has 0 heterocycles. The molecule has 0 aromatic heterocycles. The molecule has 2 aromatic rings. The molecule has 0 bridgehead atoms. The fourth-order valence-corrected chi connectivity index (χ4v) is 2.96. The number of carbonyl (C=O) groups excluding carboxylic acids is 3. The summed E-state index contributed by atoms with van der Waals surface area (Å²) in [5.41, 5.74) is 3.73. The molecule has 0 aliphatic rings. The van der Waals surface area contributed by atoms with Crippen LogP contribution in [-0.4, -0.2) is 53.3 Å². The largest absolute Gasteiger partial charge is 0.391 e. The third kappa shape index (κ3) is 11.0. The van der Waals surface area contributed by atoms with E-state index in [9.17, 15) is 19.5 Å². The van der Waals surface area contributed by atoms with Crippen molar-refractivity contribution in [2.75, 3.05) is 18.4 Å². The number of nitrogens with one attached hydrogen (secondary N) is 4. The molecule has 37 heavy (non-hydrogen) atoms. The first-order valence-electron chi connectivity index (χ1n) is 11.5. The van der Waals surface area contributed by atoms with Crippen molar-refractivity contribution in [3.05, 3.63) is 65.2 Å². The molecule has 6 N–H and O–H groups in total. The van der Waals surface area contributed by atoms with E-state index in [1.807, 2.05) is 0 Å². The number of benzene rings is 2. The Morgan fingerprint density at radius 3 is 2.03 bits per heavy atom. The molecule has 0 radical (unpaired) electrons. The predicted molar refractivity (Wildman–Crippen MR) is 143 cm³/mol. The van der Waals surface area contributed by atoms with Gasteiger partial charge in [-0.3, -0.25) is 19.6 Å². The van der Waals surface area contributed by atoms with Crippen molar-refractivity contribution >= 4 is 23.4 Å². The van der Waals surface area contributed by atoms with Gasteiger partial charge < -0.3 is 21.1 Å². The average molecular weight is 507 g/mol. The minimum atomic E-state index is -1.30. The highest BCUT2D eigenvalue weighted by molar-refractivity contribution is 5.97. The van der Waals surface area contributed by atoms with Crippen LogP contribution in [0, 0.1) is 23.7 Å². The SMILES string of the molecule is C.CCCCNCC(=O)Nc1ccc(C#CC#Cc2ccc(C(=O)N[C@H](C(=O)NO)[C@@H](C)O)cc2)cc1. The molecule has 196 valence electrons. The van der Waals surface area contributed by atoms with E-state index in [0.717, 1.165) is 24.9 Å². The van der Waals surface area contributed by atoms with Crippen LogP contribution < -0.4 is 21.4 Å². The lowest BCUT2D eigenvalue weighted by molar-refractivity contribution is -0.133. The Labute approximate surface area is 218 Å². The Hall–Kier alpha value is -4.15. The topological polar surface area (TPSA) is 140 Å². The van der Waals surface area contributed by atoms with Crippen molar-refractivity contribution in [1.29, 1.82) is 0 Å². The second kappa shape index (κ2) is 16.5. The zero-order chi connectivity index (χ0) is 26.3. The molecular formula is C28H34N4O5. The summed E-state index contributed by atoms with van der Waals surface area (Å²) in [5.74, 6) is 9.70. The summed E-state index contributed by atoms with van der Waals surface area (Å²) >= 11 is 0. The molecule has 0 saturated heterocycles. The van der Waals surface area contributed by atoms with E-state index in [1.54, 1.807) is 36.4 Å². The molecule has 3 amide bonds. The van der Waals surface area contributed by atoms with Gasteiger partial charge in [-0.2, -0.15) is 0 Å². The fourth-order valence-electron chi connectivity index (χ4n) is 2.96. The van der Waals surface area contributed by atoms with Crippen molar-refractivity contribution in [2.24, 2.45) is 0 Å². The normalized spacial score (nSPS) is 11.2. The summed E-state index contributed by atoms with van der Waals surface area (Å²) in [6.07, 6.45) is 0.912. The van der Waals surface area contributed by atoms with Crippen molar-refractivity contribution in [3.8, 4) is 23.7 Å². The Kier molecular flexibility index (Phi) is 13.8. The number of unbranched alkanes of at least 4 members (excludes halogenated alkanes) is 1. The lowest BCUT2D eigenvalue weighted by atomic mass is 10.1. The van der Waals surface area contributed by atoms with E-state index in [0.29, 0.717) is 11.3 Å². The zero-order valence-electron chi connectivity index (χ0n) is 20.2. The molecule has 9 heteroatoms. The fraction of sp³-hybridized carbons (Fsp3) is 0.321. The molecule has 0 unspecified atom stereocenters. The number of rotatable bonds is 10. The minimum Gasteiger partial charge on any atom is -0.391 e. The second-order valence-corrected chi connectivity index (χ2v) is 7.90. The van der Waals surface area contributed by atoms with Crippen LogP contribution in [0.4, 0.5) is 5.69 Å². The van der Waals surface area contributed by atoms with Gasteiger partial charge in [0.15, 0.2) is 0 Å². The van der Waals surface area contributed by atoms with E-state index in [4.69, 9.17) is 5.21 Å². The Morgan fingerprint density at radius 1 is 0.946 bits per heavy atom. The summed E-state index contributed by atoms with van der Waals surface area (Å²) in [7, 11) is 0. The van der Waals surface area contributed by atoms with Crippen LogP contribution in [-0.2, 0) is 9.59 Å². The van der Waals surface area contributed by atoms with E-state index < -0.39 is 24.0 Å². The van der Waals surface area contributed by atoms with Gasteiger partial charge in [-0.25, -0.2) is 5.48 Å². The molecule has 0 saturated carbocycles. The number of aliphatic hydroxyl groups excluding tert-OH is 1. The molecule has 0 aliphatic heterocycles. The maximum absolute atomic E-state index is 12.3. The number of carbonyl (C=O) groups is 3. The van der Waals surface area contributed by atoms with Gasteiger partial charge in [-0.05, 0) is 80.3 Å². The van der Waals surface area contributed by atoms with E-state index in [2.05, 4.69) is 46.6 Å². The smallest absolute Gasteiger partial charge is 0.268 e. The molecule has 9 nitrogen and oxygen atoms in total. The van der Waals surface area contributed by atoms with Gasteiger partial charge in [0.2, 0.25) is 5.91 Å². The number of amides is 3. The van der Waals surface area contributed by atoms with Gasteiger partial charge in [0, 0.05) is 22.4 Å². The average Bonchev–Trinajstić information content (AvgIpc) is 2.88. The Balaban J connectivity index is 0.00000684. The monoisotopic (exact) mass is 506 g/mol. The maximum atomic E-state index is 12.3. The molecule has 0 aliphatic carbocycles. The van der Waals surface area contributed by atoms with Gasteiger partial charge >= 0.3 is 0 Å². The first-order valence-corrected chi connectivity index (χ1v) is 11.5. The highest BCUT2D eigenvalue weighted by atomic mass is 16.5. The molecule has 2 atom stereocenters. The highest BCUT2D eigenvalue weighted by Crippen LogP contribution is 2.08. The summed E-state index contributed by atoms with van der Waals surface area (Å²) < 4.78 is 0. The lowest BCUT2D eigenvalue weighted by Crippen LogP contribution is -2.51.